The molecule has 0 bridgehead atoms. The second-order valence-electron chi connectivity index (χ2n) is 5.35. The van der Waals surface area contributed by atoms with Gasteiger partial charge in [0.05, 0.1) is 0 Å². The van der Waals surface area contributed by atoms with Crippen molar-refractivity contribution in [2.45, 2.75) is 72.1 Å². The van der Waals surface area contributed by atoms with Crippen LogP contribution in [0.2, 0.25) is 0 Å². The minimum Gasteiger partial charge on any atom is -0.0654 e. The molecule has 0 spiro atoms. The van der Waals surface area contributed by atoms with Crippen LogP contribution in [0.15, 0.2) is 0 Å². The van der Waals surface area contributed by atoms with Gasteiger partial charge >= 0.3 is 0 Å². The van der Waals surface area contributed by atoms with Gasteiger partial charge in [0.2, 0.25) is 0 Å². The Labute approximate surface area is 90.5 Å². The topological polar surface area (TPSA) is 0 Å². The largest absolute Gasteiger partial charge is 0.0654 e. The lowest BCUT2D eigenvalue weighted by Gasteiger charge is -2.23. The summed E-state index contributed by atoms with van der Waals surface area (Å²) in [6, 6.07) is 0. The Balaban J connectivity index is 2.44. The zero-order valence-electron chi connectivity index (χ0n) is 10.4. The molecule has 0 aliphatic heterocycles. The minimum absolute atomic E-state index is 0.997. The van der Waals surface area contributed by atoms with E-state index in [0.717, 1.165) is 17.8 Å². The van der Waals surface area contributed by atoms with Gasteiger partial charge in [-0.1, -0.05) is 65.7 Å². The molecule has 1 aliphatic carbocycles. The van der Waals surface area contributed by atoms with Crippen LogP contribution >= 0.6 is 0 Å². The Hall–Kier alpha value is 0. The molecule has 0 heteroatoms. The summed E-state index contributed by atoms with van der Waals surface area (Å²) in [5.74, 6) is 3.09. The number of hydrogen-bond acceptors (Lipinski definition) is 0. The Morgan fingerprint density at radius 3 is 2.36 bits per heavy atom. The summed E-state index contributed by atoms with van der Waals surface area (Å²) in [6.45, 7) is 7.16. The Kier molecular flexibility index (Phi) is 5.59. The first-order valence-corrected chi connectivity index (χ1v) is 6.77. The quantitative estimate of drug-likeness (QED) is 0.553. The van der Waals surface area contributed by atoms with Crippen LogP contribution in [0.5, 0.6) is 0 Å². The van der Waals surface area contributed by atoms with Crippen LogP contribution in [0.3, 0.4) is 0 Å². The van der Waals surface area contributed by atoms with Gasteiger partial charge in [0.1, 0.15) is 0 Å². The first-order valence-electron chi connectivity index (χ1n) is 6.77. The molecule has 14 heavy (non-hydrogen) atoms. The van der Waals surface area contributed by atoms with Gasteiger partial charge in [0.25, 0.3) is 0 Å². The van der Waals surface area contributed by atoms with Crippen molar-refractivity contribution in [3.8, 4) is 0 Å². The van der Waals surface area contributed by atoms with E-state index in [0.29, 0.717) is 0 Å². The standard InChI is InChI=1S/C14H28/c1-4-7-13-10-6-9-12(3)14(11-13)8-5-2/h12-14H,4-11H2,1-3H3. The zero-order valence-corrected chi connectivity index (χ0v) is 10.4. The number of rotatable bonds is 4. The van der Waals surface area contributed by atoms with E-state index in [1.165, 1.54) is 51.4 Å². The smallest absolute Gasteiger partial charge is 0.0386 e. The fourth-order valence-electron chi connectivity index (χ4n) is 3.19. The highest BCUT2D eigenvalue weighted by molar-refractivity contribution is 4.75. The van der Waals surface area contributed by atoms with Crippen molar-refractivity contribution >= 4 is 0 Å². The van der Waals surface area contributed by atoms with Crippen molar-refractivity contribution in [2.75, 3.05) is 0 Å². The highest BCUT2D eigenvalue weighted by Crippen LogP contribution is 2.36. The first kappa shape index (κ1) is 12.1. The lowest BCUT2D eigenvalue weighted by molar-refractivity contribution is 0.278. The van der Waals surface area contributed by atoms with Crippen LogP contribution < -0.4 is 0 Å². The minimum atomic E-state index is 0.997. The molecular weight excluding hydrogens is 168 g/mol. The van der Waals surface area contributed by atoms with Crippen LogP contribution in [0, 0.1) is 17.8 Å². The summed E-state index contributed by atoms with van der Waals surface area (Å²) >= 11 is 0. The summed E-state index contributed by atoms with van der Waals surface area (Å²) < 4.78 is 0. The molecule has 1 rings (SSSR count). The molecule has 1 saturated carbocycles. The molecule has 0 heterocycles. The van der Waals surface area contributed by atoms with E-state index in [9.17, 15) is 0 Å². The van der Waals surface area contributed by atoms with Gasteiger partial charge in [0, 0.05) is 0 Å². The lowest BCUT2D eigenvalue weighted by Crippen LogP contribution is -2.12. The van der Waals surface area contributed by atoms with E-state index in [1.807, 2.05) is 0 Å². The predicted octanol–water partition coefficient (Wildman–Crippen LogP) is 5.03. The van der Waals surface area contributed by atoms with Crippen molar-refractivity contribution < 1.29 is 0 Å². The summed E-state index contributed by atoms with van der Waals surface area (Å²) in [6.07, 6.45) is 11.7. The van der Waals surface area contributed by atoms with Gasteiger partial charge in [-0.15, -0.1) is 0 Å². The summed E-state index contributed by atoms with van der Waals surface area (Å²) in [4.78, 5) is 0. The van der Waals surface area contributed by atoms with Crippen LogP contribution in [0.4, 0.5) is 0 Å². The second-order valence-corrected chi connectivity index (χ2v) is 5.35. The van der Waals surface area contributed by atoms with Gasteiger partial charge in [-0.25, -0.2) is 0 Å². The highest BCUT2D eigenvalue weighted by atomic mass is 14.3. The van der Waals surface area contributed by atoms with E-state index < -0.39 is 0 Å². The third-order valence-corrected chi connectivity index (χ3v) is 4.07. The van der Waals surface area contributed by atoms with Gasteiger partial charge in [-0.2, -0.15) is 0 Å². The van der Waals surface area contributed by atoms with Crippen molar-refractivity contribution in [1.82, 2.24) is 0 Å². The van der Waals surface area contributed by atoms with Crippen LogP contribution in [0.25, 0.3) is 0 Å². The molecule has 84 valence electrons. The average molecular weight is 196 g/mol. The Morgan fingerprint density at radius 2 is 1.71 bits per heavy atom. The molecule has 1 fully saturated rings. The first-order chi connectivity index (χ1) is 6.77. The summed E-state index contributed by atoms with van der Waals surface area (Å²) in [5, 5.41) is 0. The second kappa shape index (κ2) is 6.48. The van der Waals surface area contributed by atoms with Crippen LogP contribution in [-0.2, 0) is 0 Å². The van der Waals surface area contributed by atoms with Crippen LogP contribution in [0.1, 0.15) is 72.1 Å². The van der Waals surface area contributed by atoms with Gasteiger partial charge in [-0.05, 0) is 24.2 Å². The molecule has 3 unspecified atom stereocenters. The van der Waals surface area contributed by atoms with E-state index in [-0.39, 0.29) is 0 Å². The molecule has 0 amide bonds. The van der Waals surface area contributed by atoms with Gasteiger partial charge in [0.15, 0.2) is 0 Å². The summed E-state index contributed by atoms with van der Waals surface area (Å²) in [7, 11) is 0. The number of hydrogen-bond donors (Lipinski definition) is 0. The molecule has 0 radical (unpaired) electrons. The van der Waals surface area contributed by atoms with Crippen LogP contribution in [-0.4, -0.2) is 0 Å². The molecule has 0 aromatic rings. The Bertz CT molecular complexity index is 139. The fourth-order valence-corrected chi connectivity index (χ4v) is 3.19. The third kappa shape index (κ3) is 3.63. The molecule has 0 N–H and O–H groups in total. The summed E-state index contributed by atoms with van der Waals surface area (Å²) in [5.41, 5.74) is 0. The van der Waals surface area contributed by atoms with Crippen molar-refractivity contribution in [1.29, 1.82) is 0 Å². The Morgan fingerprint density at radius 1 is 1.00 bits per heavy atom. The third-order valence-electron chi connectivity index (χ3n) is 4.07. The predicted molar refractivity (Wildman–Crippen MR) is 64.4 cm³/mol. The maximum Gasteiger partial charge on any atom is -0.0386 e. The van der Waals surface area contributed by atoms with Gasteiger partial charge < -0.3 is 0 Å². The normalized spacial score (nSPS) is 34.1. The van der Waals surface area contributed by atoms with Crippen molar-refractivity contribution in [3.63, 3.8) is 0 Å². The molecule has 0 aromatic carbocycles. The maximum atomic E-state index is 2.48. The van der Waals surface area contributed by atoms with E-state index in [4.69, 9.17) is 0 Å². The van der Waals surface area contributed by atoms with E-state index >= 15 is 0 Å². The SMILES string of the molecule is CCCC1CCCC(C)C(CCC)C1. The zero-order chi connectivity index (χ0) is 10.4. The van der Waals surface area contributed by atoms with Crippen molar-refractivity contribution in [3.05, 3.63) is 0 Å². The molecule has 1 aliphatic rings. The molecule has 0 nitrogen and oxygen atoms in total. The molecule has 0 saturated heterocycles. The molecule has 3 atom stereocenters. The van der Waals surface area contributed by atoms with Gasteiger partial charge in [-0.3, -0.25) is 0 Å². The van der Waals surface area contributed by atoms with E-state index in [1.54, 1.807) is 0 Å². The lowest BCUT2D eigenvalue weighted by atomic mass is 9.83. The molecular formula is C14H28. The fraction of sp³-hybridized carbons (Fsp3) is 1.00. The molecule has 0 aromatic heterocycles. The van der Waals surface area contributed by atoms with Crippen molar-refractivity contribution in [2.24, 2.45) is 17.8 Å². The highest BCUT2D eigenvalue weighted by Gasteiger charge is 2.24. The maximum absolute atomic E-state index is 2.48. The monoisotopic (exact) mass is 196 g/mol. The van der Waals surface area contributed by atoms with E-state index in [2.05, 4.69) is 20.8 Å². The average Bonchev–Trinajstić information content (AvgIpc) is 2.31.